The molecule has 0 radical (unpaired) electrons. The molecule has 3 N–H and O–H groups in total. The summed E-state index contributed by atoms with van der Waals surface area (Å²) in [7, 11) is 0. The van der Waals surface area contributed by atoms with Crippen LogP contribution in [0.15, 0.2) is 36.5 Å². The van der Waals surface area contributed by atoms with Crippen molar-refractivity contribution >= 4 is 40.7 Å². The molecule has 0 atom stereocenters. The Bertz CT molecular complexity index is 689. The van der Waals surface area contributed by atoms with E-state index >= 15 is 0 Å². The number of primary amides is 1. The second-order valence-corrected chi connectivity index (χ2v) is 4.72. The maximum Gasteiger partial charge on any atom is 0.274 e. The molecule has 2 aromatic rings. The molecule has 2 amide bonds. The van der Waals surface area contributed by atoms with Crippen molar-refractivity contribution in [2.24, 2.45) is 5.73 Å². The monoisotopic (exact) mass is 309 g/mol. The average molecular weight is 310 g/mol. The smallest absolute Gasteiger partial charge is 0.274 e. The lowest BCUT2D eigenvalue weighted by Gasteiger charge is -2.07. The summed E-state index contributed by atoms with van der Waals surface area (Å²) in [6.07, 6.45) is 1.42. The maximum absolute atomic E-state index is 12.0. The molecule has 0 aliphatic carbocycles. The number of halogens is 2. The van der Waals surface area contributed by atoms with Crippen LogP contribution >= 0.6 is 23.2 Å². The minimum atomic E-state index is -0.674. The molecule has 102 valence electrons. The van der Waals surface area contributed by atoms with Crippen molar-refractivity contribution in [3.05, 3.63) is 57.8 Å². The van der Waals surface area contributed by atoms with Crippen molar-refractivity contribution in [3.63, 3.8) is 0 Å². The van der Waals surface area contributed by atoms with E-state index < -0.39 is 11.8 Å². The Labute approximate surface area is 124 Å². The molecule has 0 bridgehead atoms. The van der Waals surface area contributed by atoms with Gasteiger partial charge in [0.05, 0.1) is 10.6 Å². The molecular formula is C13H9Cl2N3O2. The molecule has 1 heterocycles. The number of nitrogens with one attached hydrogen (secondary N) is 1. The lowest BCUT2D eigenvalue weighted by molar-refractivity contribution is 0.0995. The topological polar surface area (TPSA) is 85.1 Å². The molecular weight excluding hydrogens is 301 g/mol. The zero-order valence-electron chi connectivity index (χ0n) is 10.1. The van der Waals surface area contributed by atoms with Crippen molar-refractivity contribution in [3.8, 4) is 0 Å². The van der Waals surface area contributed by atoms with Gasteiger partial charge in [0.2, 0.25) is 5.91 Å². The molecule has 0 saturated carbocycles. The largest absolute Gasteiger partial charge is 0.366 e. The minimum Gasteiger partial charge on any atom is -0.366 e. The summed E-state index contributed by atoms with van der Waals surface area (Å²) in [5.74, 6) is -1.13. The molecule has 0 fully saturated rings. The van der Waals surface area contributed by atoms with E-state index in [0.717, 1.165) is 0 Å². The highest BCUT2D eigenvalue weighted by Gasteiger charge is 2.11. The van der Waals surface area contributed by atoms with E-state index in [4.69, 9.17) is 28.9 Å². The van der Waals surface area contributed by atoms with Gasteiger partial charge in [0, 0.05) is 16.9 Å². The second-order valence-electron chi connectivity index (χ2n) is 3.87. The number of rotatable bonds is 3. The fraction of sp³-hybridized carbons (Fsp3) is 0. The maximum atomic E-state index is 12.0. The van der Waals surface area contributed by atoms with Crippen LogP contribution in [0.4, 0.5) is 5.69 Å². The number of nitrogens with two attached hydrogens (primary N) is 1. The second kappa shape index (κ2) is 5.90. The van der Waals surface area contributed by atoms with Crippen LogP contribution in [0, 0.1) is 0 Å². The van der Waals surface area contributed by atoms with Gasteiger partial charge in [-0.1, -0.05) is 23.2 Å². The summed E-state index contributed by atoms with van der Waals surface area (Å²) < 4.78 is 0. The zero-order chi connectivity index (χ0) is 14.7. The molecule has 0 aliphatic rings. The molecule has 1 aromatic heterocycles. The number of hydrogen-bond donors (Lipinski definition) is 2. The Morgan fingerprint density at radius 2 is 1.90 bits per heavy atom. The number of carbonyl (C=O) groups excluding carboxylic acids is 2. The standard InChI is InChI=1S/C13H9Cl2N3O2/c14-7-3-4-17-11(5-7)13(20)18-8-1-2-10(15)9(6-8)12(16)19/h1-6H,(H2,16,19)(H,18,20). The number of carbonyl (C=O) groups is 2. The highest BCUT2D eigenvalue weighted by atomic mass is 35.5. The van der Waals surface area contributed by atoms with Gasteiger partial charge in [-0.25, -0.2) is 0 Å². The van der Waals surface area contributed by atoms with Crippen molar-refractivity contribution in [2.45, 2.75) is 0 Å². The number of amides is 2. The van der Waals surface area contributed by atoms with Gasteiger partial charge in [-0.3, -0.25) is 14.6 Å². The Morgan fingerprint density at radius 3 is 2.55 bits per heavy atom. The molecule has 5 nitrogen and oxygen atoms in total. The van der Waals surface area contributed by atoms with Crippen LogP contribution in [0.1, 0.15) is 20.8 Å². The van der Waals surface area contributed by atoms with Gasteiger partial charge in [-0.05, 0) is 30.3 Å². The molecule has 20 heavy (non-hydrogen) atoms. The van der Waals surface area contributed by atoms with Crippen LogP contribution in [-0.4, -0.2) is 16.8 Å². The molecule has 0 spiro atoms. The molecule has 0 aliphatic heterocycles. The van der Waals surface area contributed by atoms with Gasteiger partial charge >= 0.3 is 0 Å². The fourth-order valence-corrected chi connectivity index (χ4v) is 1.89. The Balaban J connectivity index is 2.24. The summed E-state index contributed by atoms with van der Waals surface area (Å²) in [5.41, 5.74) is 5.85. The first kappa shape index (κ1) is 14.3. The van der Waals surface area contributed by atoms with Crippen LogP contribution in [0.25, 0.3) is 0 Å². The molecule has 2 rings (SSSR count). The van der Waals surface area contributed by atoms with Crippen molar-refractivity contribution in [2.75, 3.05) is 5.32 Å². The Morgan fingerprint density at radius 1 is 1.15 bits per heavy atom. The third-order valence-corrected chi connectivity index (χ3v) is 3.01. The van der Waals surface area contributed by atoms with E-state index in [0.29, 0.717) is 10.7 Å². The number of anilines is 1. The third kappa shape index (κ3) is 3.26. The predicted molar refractivity (Wildman–Crippen MR) is 77.2 cm³/mol. The van der Waals surface area contributed by atoms with Gasteiger partial charge in [-0.2, -0.15) is 0 Å². The highest BCUT2D eigenvalue weighted by Crippen LogP contribution is 2.20. The average Bonchev–Trinajstić information content (AvgIpc) is 2.40. The molecule has 7 heteroatoms. The first-order valence-corrected chi connectivity index (χ1v) is 6.25. The van der Waals surface area contributed by atoms with Gasteiger partial charge in [0.15, 0.2) is 0 Å². The number of nitrogens with zero attached hydrogens (tertiary/aromatic N) is 1. The predicted octanol–water partition coefficient (Wildman–Crippen LogP) is 2.74. The summed E-state index contributed by atoms with van der Waals surface area (Å²) in [6, 6.07) is 7.42. The van der Waals surface area contributed by atoms with Crippen LogP contribution < -0.4 is 11.1 Å². The fourth-order valence-electron chi connectivity index (χ4n) is 1.52. The van der Waals surface area contributed by atoms with Crippen LogP contribution in [0.5, 0.6) is 0 Å². The quantitative estimate of drug-likeness (QED) is 0.914. The number of benzene rings is 1. The van der Waals surface area contributed by atoms with Crippen LogP contribution in [-0.2, 0) is 0 Å². The van der Waals surface area contributed by atoms with Crippen molar-refractivity contribution in [1.82, 2.24) is 4.98 Å². The number of hydrogen-bond acceptors (Lipinski definition) is 3. The summed E-state index contributed by atoms with van der Waals surface area (Å²) in [5, 5.41) is 3.20. The van der Waals surface area contributed by atoms with Crippen molar-refractivity contribution in [1.29, 1.82) is 0 Å². The van der Waals surface area contributed by atoms with E-state index in [1.165, 1.54) is 24.4 Å². The van der Waals surface area contributed by atoms with E-state index in [1.54, 1.807) is 12.1 Å². The lowest BCUT2D eigenvalue weighted by Crippen LogP contribution is -2.15. The van der Waals surface area contributed by atoms with Crippen LogP contribution in [0.3, 0.4) is 0 Å². The molecule has 0 saturated heterocycles. The molecule has 0 unspecified atom stereocenters. The summed E-state index contributed by atoms with van der Waals surface area (Å²) >= 11 is 11.6. The Hall–Kier alpha value is -2.11. The summed E-state index contributed by atoms with van der Waals surface area (Å²) in [6.45, 7) is 0. The highest BCUT2D eigenvalue weighted by molar-refractivity contribution is 6.34. The van der Waals surface area contributed by atoms with Gasteiger partial charge in [-0.15, -0.1) is 0 Å². The number of pyridine rings is 1. The van der Waals surface area contributed by atoms with Gasteiger partial charge < -0.3 is 11.1 Å². The van der Waals surface area contributed by atoms with E-state index in [2.05, 4.69) is 10.3 Å². The van der Waals surface area contributed by atoms with E-state index in [9.17, 15) is 9.59 Å². The van der Waals surface area contributed by atoms with Crippen molar-refractivity contribution < 1.29 is 9.59 Å². The summed E-state index contributed by atoms with van der Waals surface area (Å²) in [4.78, 5) is 27.0. The lowest BCUT2D eigenvalue weighted by atomic mass is 10.2. The Kier molecular flexibility index (Phi) is 4.22. The first-order chi connectivity index (χ1) is 9.47. The normalized spacial score (nSPS) is 10.1. The van der Waals surface area contributed by atoms with Gasteiger partial charge in [0.1, 0.15) is 5.69 Å². The third-order valence-electron chi connectivity index (χ3n) is 2.44. The molecule has 1 aromatic carbocycles. The van der Waals surface area contributed by atoms with Gasteiger partial charge in [0.25, 0.3) is 5.91 Å². The number of aromatic nitrogens is 1. The zero-order valence-corrected chi connectivity index (χ0v) is 11.6. The van der Waals surface area contributed by atoms with E-state index in [-0.39, 0.29) is 16.3 Å². The van der Waals surface area contributed by atoms with Crippen LogP contribution in [0.2, 0.25) is 10.0 Å². The SMILES string of the molecule is NC(=O)c1cc(NC(=O)c2cc(Cl)ccn2)ccc1Cl. The first-order valence-electron chi connectivity index (χ1n) is 5.49. The van der Waals surface area contributed by atoms with E-state index in [1.807, 2.05) is 0 Å². The minimum absolute atomic E-state index is 0.128.